The van der Waals surface area contributed by atoms with Crippen LogP contribution in [0.15, 0.2) is 24.3 Å². The monoisotopic (exact) mass is 415 g/mol. The second kappa shape index (κ2) is 8.04. The fourth-order valence-electron chi connectivity index (χ4n) is 4.39. The Hall–Kier alpha value is -2.38. The van der Waals surface area contributed by atoms with Gasteiger partial charge >= 0.3 is 0 Å². The number of carbonyl (C=O) groups excluding carboxylic acids is 1. The van der Waals surface area contributed by atoms with Gasteiger partial charge in [0.05, 0.1) is 17.9 Å². The third kappa shape index (κ3) is 4.37. The van der Waals surface area contributed by atoms with E-state index in [0.29, 0.717) is 24.4 Å². The first kappa shape index (κ1) is 20.9. The number of fused-ring (bicyclic) bond motifs is 1. The van der Waals surface area contributed by atoms with Crippen LogP contribution in [0.25, 0.3) is 11.1 Å². The number of primary amides is 1. The molecule has 5 nitrogen and oxygen atoms in total. The Kier molecular flexibility index (Phi) is 5.59. The summed E-state index contributed by atoms with van der Waals surface area (Å²) < 4.78 is 33.8. The van der Waals surface area contributed by atoms with Gasteiger partial charge in [-0.25, -0.2) is 13.8 Å². The molecule has 2 aliphatic heterocycles. The van der Waals surface area contributed by atoms with Crippen LogP contribution in [0, 0.1) is 17.6 Å². The van der Waals surface area contributed by atoms with Gasteiger partial charge in [-0.2, -0.15) is 0 Å². The minimum absolute atomic E-state index is 0.0585. The van der Waals surface area contributed by atoms with Gasteiger partial charge in [-0.15, -0.1) is 0 Å². The molecule has 4 rings (SSSR count). The smallest absolute Gasteiger partial charge is 0.267 e. The summed E-state index contributed by atoms with van der Waals surface area (Å²) in [5.41, 5.74) is 7.96. The molecule has 0 aliphatic carbocycles. The molecule has 3 heterocycles. The van der Waals surface area contributed by atoms with Crippen molar-refractivity contribution >= 4 is 5.91 Å². The van der Waals surface area contributed by atoms with Crippen LogP contribution in [-0.4, -0.2) is 41.1 Å². The lowest BCUT2D eigenvalue weighted by Crippen LogP contribution is -2.41. The molecule has 1 aromatic carbocycles. The van der Waals surface area contributed by atoms with Crippen molar-refractivity contribution < 1.29 is 18.3 Å². The molecule has 2 aromatic rings. The van der Waals surface area contributed by atoms with Crippen LogP contribution in [0.3, 0.4) is 0 Å². The van der Waals surface area contributed by atoms with E-state index >= 15 is 0 Å². The van der Waals surface area contributed by atoms with Crippen LogP contribution < -0.4 is 5.73 Å². The molecule has 0 radical (unpaired) electrons. The molecular formula is C23H27F2N3O2. The highest BCUT2D eigenvalue weighted by Crippen LogP contribution is 2.33. The molecular weight excluding hydrogens is 388 g/mol. The number of rotatable bonds is 4. The largest absolute Gasteiger partial charge is 0.375 e. The molecule has 2 aliphatic rings. The van der Waals surface area contributed by atoms with Gasteiger partial charge in [0.1, 0.15) is 17.3 Å². The van der Waals surface area contributed by atoms with E-state index in [1.165, 1.54) is 18.2 Å². The van der Waals surface area contributed by atoms with Gasteiger partial charge in [-0.1, -0.05) is 0 Å². The van der Waals surface area contributed by atoms with E-state index in [-0.39, 0.29) is 16.9 Å². The number of nitrogens with zero attached hydrogens (tertiary/aromatic N) is 2. The summed E-state index contributed by atoms with van der Waals surface area (Å²) in [7, 11) is 0. The zero-order chi connectivity index (χ0) is 21.5. The zero-order valence-corrected chi connectivity index (χ0v) is 17.4. The molecule has 2 N–H and O–H groups in total. The predicted molar refractivity (Wildman–Crippen MR) is 110 cm³/mol. The molecule has 0 bridgehead atoms. The molecule has 0 spiro atoms. The molecule has 1 fully saturated rings. The van der Waals surface area contributed by atoms with E-state index in [2.05, 4.69) is 23.7 Å². The van der Waals surface area contributed by atoms with Crippen LogP contribution in [0.4, 0.5) is 8.78 Å². The topological polar surface area (TPSA) is 68.5 Å². The van der Waals surface area contributed by atoms with Crippen molar-refractivity contribution in [1.29, 1.82) is 0 Å². The fourth-order valence-corrected chi connectivity index (χ4v) is 4.39. The second-order valence-corrected chi connectivity index (χ2v) is 8.93. The summed E-state index contributed by atoms with van der Waals surface area (Å²) in [5, 5.41) is 0. The van der Waals surface area contributed by atoms with Crippen LogP contribution in [0.5, 0.6) is 0 Å². The highest BCUT2D eigenvalue weighted by atomic mass is 19.1. The molecule has 1 atom stereocenters. The molecule has 1 saturated heterocycles. The molecule has 0 saturated carbocycles. The number of pyridine rings is 1. The lowest BCUT2D eigenvalue weighted by atomic mass is 9.89. The fraction of sp³-hybridized carbons (Fsp3) is 0.478. The number of halogens is 2. The first-order valence-electron chi connectivity index (χ1n) is 10.4. The van der Waals surface area contributed by atoms with E-state index in [1.807, 2.05) is 0 Å². The lowest BCUT2D eigenvalue weighted by molar-refractivity contribution is -0.0821. The van der Waals surface area contributed by atoms with E-state index in [1.54, 1.807) is 0 Å². The number of ether oxygens (including phenoxy) is 1. The molecule has 7 heteroatoms. The Morgan fingerprint density at radius 1 is 1.30 bits per heavy atom. The van der Waals surface area contributed by atoms with Crippen LogP contribution >= 0.6 is 0 Å². The van der Waals surface area contributed by atoms with Crippen molar-refractivity contribution in [3.05, 3.63) is 52.9 Å². The number of hydrogen-bond donors (Lipinski definition) is 1. The SMILES string of the molecule is CC1(C)CCC(CN2CCc3c(-c4ccc(F)cc4F)cc(C(N)=O)nc3C2)CO1. The van der Waals surface area contributed by atoms with Gasteiger partial charge in [0, 0.05) is 31.3 Å². The average molecular weight is 415 g/mol. The van der Waals surface area contributed by atoms with Crippen LogP contribution in [-0.2, 0) is 17.7 Å². The third-order valence-corrected chi connectivity index (χ3v) is 6.12. The highest BCUT2D eigenvalue weighted by molar-refractivity contribution is 5.92. The van der Waals surface area contributed by atoms with Crippen LogP contribution in [0.2, 0.25) is 0 Å². The summed E-state index contributed by atoms with van der Waals surface area (Å²) in [4.78, 5) is 18.6. The maximum atomic E-state index is 14.5. The quantitative estimate of drug-likeness (QED) is 0.827. The Morgan fingerprint density at radius 2 is 2.10 bits per heavy atom. The Labute approximate surface area is 175 Å². The van der Waals surface area contributed by atoms with Gasteiger partial charge < -0.3 is 10.5 Å². The first-order chi connectivity index (χ1) is 14.2. The van der Waals surface area contributed by atoms with Gasteiger partial charge in [-0.3, -0.25) is 9.69 Å². The van der Waals surface area contributed by atoms with Crippen molar-refractivity contribution in [2.75, 3.05) is 19.7 Å². The number of nitrogens with two attached hydrogens (primary N) is 1. The van der Waals surface area contributed by atoms with Crippen molar-refractivity contribution in [3.63, 3.8) is 0 Å². The lowest BCUT2D eigenvalue weighted by Gasteiger charge is -2.38. The summed E-state index contributed by atoms with van der Waals surface area (Å²) in [5.74, 6) is -1.52. The zero-order valence-electron chi connectivity index (χ0n) is 17.4. The van der Waals surface area contributed by atoms with E-state index in [4.69, 9.17) is 10.5 Å². The van der Waals surface area contributed by atoms with Crippen molar-refractivity contribution in [2.24, 2.45) is 11.7 Å². The van der Waals surface area contributed by atoms with E-state index in [0.717, 1.165) is 49.9 Å². The number of hydrogen-bond acceptors (Lipinski definition) is 4. The molecule has 1 unspecified atom stereocenters. The minimum atomic E-state index is -0.665. The Balaban J connectivity index is 1.61. The second-order valence-electron chi connectivity index (χ2n) is 8.93. The minimum Gasteiger partial charge on any atom is -0.375 e. The van der Waals surface area contributed by atoms with Gasteiger partial charge in [0.2, 0.25) is 0 Å². The van der Waals surface area contributed by atoms with Crippen molar-refractivity contribution in [2.45, 2.75) is 45.3 Å². The Morgan fingerprint density at radius 3 is 2.77 bits per heavy atom. The maximum absolute atomic E-state index is 14.5. The summed E-state index contributed by atoms with van der Waals surface area (Å²) in [6.45, 7) is 7.22. The maximum Gasteiger partial charge on any atom is 0.267 e. The average Bonchev–Trinajstić information content (AvgIpc) is 2.69. The summed E-state index contributed by atoms with van der Waals surface area (Å²) in [6.07, 6.45) is 2.81. The normalized spacial score (nSPS) is 21.3. The molecule has 1 amide bonds. The predicted octanol–water partition coefficient (Wildman–Crippen LogP) is 3.69. The summed E-state index contributed by atoms with van der Waals surface area (Å²) >= 11 is 0. The van der Waals surface area contributed by atoms with Crippen LogP contribution in [0.1, 0.15) is 48.4 Å². The number of amides is 1. The van der Waals surface area contributed by atoms with E-state index in [9.17, 15) is 13.6 Å². The van der Waals surface area contributed by atoms with Gasteiger partial charge in [0.25, 0.3) is 5.91 Å². The molecule has 1 aromatic heterocycles. The van der Waals surface area contributed by atoms with Gasteiger partial charge in [-0.05, 0) is 68.4 Å². The molecule has 160 valence electrons. The number of carbonyl (C=O) groups is 1. The van der Waals surface area contributed by atoms with Crippen molar-refractivity contribution in [3.8, 4) is 11.1 Å². The van der Waals surface area contributed by atoms with Crippen molar-refractivity contribution in [1.82, 2.24) is 9.88 Å². The van der Waals surface area contributed by atoms with Gasteiger partial charge in [0.15, 0.2) is 0 Å². The van der Waals surface area contributed by atoms with E-state index < -0.39 is 17.5 Å². The number of aromatic nitrogens is 1. The Bertz CT molecular complexity index is 967. The third-order valence-electron chi connectivity index (χ3n) is 6.12. The summed E-state index contributed by atoms with van der Waals surface area (Å²) in [6, 6.07) is 4.99. The molecule has 30 heavy (non-hydrogen) atoms. The highest BCUT2D eigenvalue weighted by Gasteiger charge is 2.30. The number of benzene rings is 1. The first-order valence-corrected chi connectivity index (χ1v) is 10.4. The standard InChI is InChI=1S/C23H27F2N3O2/c1-23(2)7-5-14(13-30-23)11-28-8-6-17-18(16-4-3-15(24)9-19(16)25)10-20(22(26)29)27-21(17)12-28/h3-4,9-10,14H,5-8,11-13H2,1-2H3,(H2,26,29).